The molecule has 0 aliphatic heterocycles. The predicted molar refractivity (Wildman–Crippen MR) is 61.7 cm³/mol. The Labute approximate surface area is 92.4 Å². The summed E-state index contributed by atoms with van der Waals surface area (Å²) in [6.07, 6.45) is 2.08. The van der Waals surface area contributed by atoms with Crippen LogP contribution in [-0.2, 0) is 4.79 Å². The number of carbonyl (C=O) groups excluding carboxylic acids is 1. The number of hydrogen-bond donors (Lipinski definition) is 3. The second kappa shape index (κ2) is 6.80. The lowest BCUT2D eigenvalue weighted by Gasteiger charge is -2.21. The van der Waals surface area contributed by atoms with E-state index in [1.165, 1.54) is 0 Å². The monoisotopic (exact) mass is 216 g/mol. The van der Waals surface area contributed by atoms with E-state index in [9.17, 15) is 9.90 Å². The second-order valence-electron chi connectivity index (χ2n) is 4.56. The molecule has 0 aromatic carbocycles. The number of carbonyl (C=O) groups is 1. The lowest BCUT2D eigenvalue weighted by molar-refractivity contribution is -0.122. The van der Waals surface area contributed by atoms with Crippen molar-refractivity contribution in [3.8, 4) is 0 Å². The normalized spacial score (nSPS) is 13.7. The molecule has 90 valence electrons. The highest BCUT2D eigenvalue weighted by molar-refractivity contribution is 5.81. The summed E-state index contributed by atoms with van der Waals surface area (Å²) < 4.78 is 0. The Hall–Kier alpha value is -0.610. The van der Waals surface area contributed by atoms with Crippen LogP contribution in [0.1, 0.15) is 40.5 Å². The smallest absolute Gasteiger partial charge is 0.236 e. The van der Waals surface area contributed by atoms with Crippen molar-refractivity contribution in [2.45, 2.75) is 52.2 Å². The van der Waals surface area contributed by atoms with Gasteiger partial charge in [-0.15, -0.1) is 0 Å². The molecule has 0 saturated heterocycles. The fraction of sp³-hybridized carbons (Fsp3) is 0.909. The molecule has 0 saturated carbocycles. The maximum absolute atomic E-state index is 11.5. The number of rotatable bonds is 7. The molecule has 0 heterocycles. The maximum atomic E-state index is 11.5. The highest BCUT2D eigenvalue weighted by Crippen LogP contribution is 1.98. The van der Waals surface area contributed by atoms with Crippen LogP contribution in [0.5, 0.6) is 0 Å². The maximum Gasteiger partial charge on any atom is 0.236 e. The van der Waals surface area contributed by atoms with E-state index in [1.807, 2.05) is 0 Å². The molecule has 0 aromatic heterocycles. The summed E-state index contributed by atoms with van der Waals surface area (Å²) in [5.41, 5.74) is -0.780. The van der Waals surface area contributed by atoms with Crippen molar-refractivity contribution in [3.63, 3.8) is 0 Å². The van der Waals surface area contributed by atoms with Gasteiger partial charge in [0.25, 0.3) is 0 Å². The van der Waals surface area contributed by atoms with E-state index < -0.39 is 5.60 Å². The van der Waals surface area contributed by atoms with E-state index >= 15 is 0 Å². The molecule has 15 heavy (non-hydrogen) atoms. The van der Waals surface area contributed by atoms with E-state index in [1.54, 1.807) is 20.8 Å². The Morgan fingerprint density at radius 2 is 2.07 bits per heavy atom. The topological polar surface area (TPSA) is 61.4 Å². The van der Waals surface area contributed by atoms with Crippen LogP contribution < -0.4 is 10.6 Å². The van der Waals surface area contributed by atoms with Crippen LogP contribution in [0.4, 0.5) is 0 Å². The van der Waals surface area contributed by atoms with Gasteiger partial charge >= 0.3 is 0 Å². The highest BCUT2D eigenvalue weighted by atomic mass is 16.3. The average molecular weight is 216 g/mol. The van der Waals surface area contributed by atoms with Crippen LogP contribution in [0.15, 0.2) is 0 Å². The van der Waals surface area contributed by atoms with Crippen LogP contribution in [0.2, 0.25) is 0 Å². The first-order valence-corrected chi connectivity index (χ1v) is 5.60. The molecule has 0 spiro atoms. The van der Waals surface area contributed by atoms with Crippen LogP contribution in [0.3, 0.4) is 0 Å². The summed E-state index contributed by atoms with van der Waals surface area (Å²) in [4.78, 5) is 11.5. The Kier molecular flexibility index (Phi) is 6.52. The van der Waals surface area contributed by atoms with Gasteiger partial charge in [0.1, 0.15) is 0 Å². The minimum atomic E-state index is -0.780. The molecule has 0 aliphatic carbocycles. The third-order valence-corrected chi connectivity index (χ3v) is 2.06. The molecular weight excluding hydrogens is 192 g/mol. The molecule has 4 nitrogen and oxygen atoms in total. The number of nitrogens with one attached hydrogen (secondary N) is 2. The van der Waals surface area contributed by atoms with Gasteiger partial charge in [-0.05, 0) is 27.2 Å². The number of unbranched alkanes of at least 4 members (excludes halogenated alkanes) is 1. The molecule has 1 amide bonds. The molecule has 4 heteroatoms. The van der Waals surface area contributed by atoms with Gasteiger partial charge < -0.3 is 15.7 Å². The lowest BCUT2D eigenvalue weighted by atomic mass is 10.1. The van der Waals surface area contributed by atoms with Crippen molar-refractivity contribution in [3.05, 3.63) is 0 Å². The third-order valence-electron chi connectivity index (χ3n) is 2.06. The molecule has 0 fully saturated rings. The van der Waals surface area contributed by atoms with Gasteiger partial charge in [-0.3, -0.25) is 4.79 Å². The molecule has 0 rings (SSSR count). The van der Waals surface area contributed by atoms with E-state index in [2.05, 4.69) is 17.6 Å². The zero-order chi connectivity index (χ0) is 11.9. The second-order valence-corrected chi connectivity index (χ2v) is 4.56. The molecule has 1 unspecified atom stereocenters. The molecular formula is C11H24N2O2. The number of hydrogen-bond acceptors (Lipinski definition) is 3. The number of amides is 1. The summed E-state index contributed by atoms with van der Waals surface area (Å²) >= 11 is 0. The van der Waals surface area contributed by atoms with Crippen LogP contribution >= 0.6 is 0 Å². The summed E-state index contributed by atoms with van der Waals surface area (Å²) in [6, 6.07) is -0.256. The minimum Gasteiger partial charge on any atom is -0.389 e. The standard InChI is InChI=1S/C11H24N2O2/c1-5-6-7-12-10(14)9(2)13-8-11(3,4)15/h9,13,15H,5-8H2,1-4H3,(H,12,14). The molecule has 0 aliphatic rings. The first-order chi connectivity index (χ1) is 6.87. The average Bonchev–Trinajstić information content (AvgIpc) is 2.13. The number of aliphatic hydroxyl groups is 1. The predicted octanol–water partition coefficient (Wildman–Crippen LogP) is 0.652. The molecule has 1 atom stereocenters. The quantitative estimate of drug-likeness (QED) is 0.548. The summed E-state index contributed by atoms with van der Waals surface area (Å²) in [5.74, 6) is -0.00676. The molecule has 0 radical (unpaired) electrons. The van der Waals surface area contributed by atoms with Crippen molar-refractivity contribution in [2.24, 2.45) is 0 Å². The van der Waals surface area contributed by atoms with Gasteiger partial charge in [-0.1, -0.05) is 13.3 Å². The van der Waals surface area contributed by atoms with Crippen LogP contribution in [0, 0.1) is 0 Å². The Balaban J connectivity index is 3.70. The fourth-order valence-electron chi connectivity index (χ4n) is 1.04. The Morgan fingerprint density at radius 1 is 1.47 bits per heavy atom. The van der Waals surface area contributed by atoms with Gasteiger partial charge in [0.15, 0.2) is 0 Å². The van der Waals surface area contributed by atoms with Gasteiger partial charge in [0.05, 0.1) is 11.6 Å². The summed E-state index contributed by atoms with van der Waals surface area (Å²) in [6.45, 7) is 8.44. The van der Waals surface area contributed by atoms with Crippen LogP contribution in [0.25, 0.3) is 0 Å². The zero-order valence-electron chi connectivity index (χ0n) is 10.3. The molecule has 0 aromatic rings. The SMILES string of the molecule is CCCCNC(=O)C(C)NCC(C)(C)O. The summed E-state index contributed by atoms with van der Waals surface area (Å²) in [7, 11) is 0. The van der Waals surface area contributed by atoms with Gasteiger partial charge in [0, 0.05) is 13.1 Å². The third kappa shape index (κ3) is 8.39. The van der Waals surface area contributed by atoms with Crippen molar-refractivity contribution in [2.75, 3.05) is 13.1 Å². The van der Waals surface area contributed by atoms with Gasteiger partial charge in [-0.2, -0.15) is 0 Å². The molecule has 3 N–H and O–H groups in total. The highest BCUT2D eigenvalue weighted by Gasteiger charge is 2.17. The van der Waals surface area contributed by atoms with Crippen molar-refractivity contribution < 1.29 is 9.90 Å². The minimum absolute atomic E-state index is 0.00676. The van der Waals surface area contributed by atoms with Crippen molar-refractivity contribution in [1.29, 1.82) is 0 Å². The van der Waals surface area contributed by atoms with Crippen molar-refractivity contribution in [1.82, 2.24) is 10.6 Å². The van der Waals surface area contributed by atoms with E-state index in [-0.39, 0.29) is 11.9 Å². The van der Waals surface area contributed by atoms with E-state index in [0.717, 1.165) is 19.4 Å². The van der Waals surface area contributed by atoms with E-state index in [0.29, 0.717) is 6.54 Å². The van der Waals surface area contributed by atoms with Crippen molar-refractivity contribution >= 4 is 5.91 Å². The van der Waals surface area contributed by atoms with Gasteiger partial charge in [0.2, 0.25) is 5.91 Å². The Morgan fingerprint density at radius 3 is 2.53 bits per heavy atom. The zero-order valence-corrected chi connectivity index (χ0v) is 10.3. The first kappa shape index (κ1) is 14.4. The lowest BCUT2D eigenvalue weighted by Crippen LogP contribution is -2.47. The Bertz CT molecular complexity index is 188. The largest absolute Gasteiger partial charge is 0.389 e. The summed E-state index contributed by atoms with van der Waals surface area (Å²) in [5, 5.41) is 15.3. The van der Waals surface area contributed by atoms with Gasteiger partial charge in [-0.25, -0.2) is 0 Å². The first-order valence-electron chi connectivity index (χ1n) is 5.60. The van der Waals surface area contributed by atoms with E-state index in [4.69, 9.17) is 0 Å². The fourth-order valence-corrected chi connectivity index (χ4v) is 1.04. The van der Waals surface area contributed by atoms with Crippen LogP contribution in [-0.4, -0.2) is 35.7 Å². The molecule has 0 bridgehead atoms.